The number of carbonyl (C=O) groups excluding carboxylic acids is 1. The van der Waals surface area contributed by atoms with E-state index < -0.39 is 0 Å². The van der Waals surface area contributed by atoms with Crippen molar-refractivity contribution >= 4 is 5.78 Å². The van der Waals surface area contributed by atoms with Gasteiger partial charge in [0.25, 0.3) is 0 Å². The molecule has 0 aliphatic rings. The minimum Gasteiger partial charge on any atom is -0.381 e. The number of hydrogen-bond donors (Lipinski definition) is 0. The molecular weight excluding hydrogens is 152 g/mol. The van der Waals surface area contributed by atoms with Crippen molar-refractivity contribution in [3.05, 3.63) is 0 Å². The largest absolute Gasteiger partial charge is 0.381 e. The monoisotopic (exact) mass is 172 g/mol. The van der Waals surface area contributed by atoms with Gasteiger partial charge in [-0.05, 0) is 18.8 Å². The quantitative estimate of drug-likeness (QED) is 0.614. The summed E-state index contributed by atoms with van der Waals surface area (Å²) in [5.41, 5.74) is 0. The molecule has 12 heavy (non-hydrogen) atoms. The number of ketones is 1. The highest BCUT2D eigenvalue weighted by Gasteiger charge is 2.05. The second kappa shape index (κ2) is 6.18. The minimum atomic E-state index is 0.246. The standard InChI is InChI=1S/C10H20O2/c1-8(2)6-12-7-9(3)5-10(4)11/h8-9H,5-7H2,1-4H3. The Labute approximate surface area is 75.3 Å². The Kier molecular flexibility index (Phi) is 5.99. The van der Waals surface area contributed by atoms with Crippen molar-refractivity contribution in [2.24, 2.45) is 11.8 Å². The van der Waals surface area contributed by atoms with Crippen LogP contribution in [0, 0.1) is 11.8 Å². The van der Waals surface area contributed by atoms with Crippen LogP contribution >= 0.6 is 0 Å². The molecule has 0 radical (unpaired) electrons. The summed E-state index contributed by atoms with van der Waals surface area (Å²) in [6.45, 7) is 9.41. The van der Waals surface area contributed by atoms with Crippen molar-refractivity contribution in [1.29, 1.82) is 0 Å². The number of carbonyl (C=O) groups is 1. The van der Waals surface area contributed by atoms with Crippen LogP contribution in [0.5, 0.6) is 0 Å². The normalized spacial score (nSPS) is 13.4. The molecule has 0 aromatic rings. The topological polar surface area (TPSA) is 26.3 Å². The summed E-state index contributed by atoms with van der Waals surface area (Å²) in [7, 11) is 0. The van der Waals surface area contributed by atoms with Crippen LogP contribution in [-0.2, 0) is 9.53 Å². The van der Waals surface area contributed by atoms with Gasteiger partial charge in [0.1, 0.15) is 5.78 Å². The van der Waals surface area contributed by atoms with Gasteiger partial charge in [-0.3, -0.25) is 0 Å². The van der Waals surface area contributed by atoms with E-state index in [1.54, 1.807) is 6.92 Å². The Balaban J connectivity index is 3.31. The maximum Gasteiger partial charge on any atom is 0.130 e. The molecule has 0 rings (SSSR count). The van der Waals surface area contributed by atoms with E-state index in [1.807, 2.05) is 6.92 Å². The van der Waals surface area contributed by atoms with Crippen LogP contribution in [0.4, 0.5) is 0 Å². The molecule has 0 bridgehead atoms. The van der Waals surface area contributed by atoms with Gasteiger partial charge in [0.2, 0.25) is 0 Å². The van der Waals surface area contributed by atoms with Crippen LogP contribution in [0.25, 0.3) is 0 Å². The predicted molar refractivity (Wildman–Crippen MR) is 50.1 cm³/mol. The van der Waals surface area contributed by atoms with Crippen LogP contribution < -0.4 is 0 Å². The molecular formula is C10H20O2. The van der Waals surface area contributed by atoms with Gasteiger partial charge in [0.05, 0.1) is 0 Å². The van der Waals surface area contributed by atoms with E-state index in [1.165, 1.54) is 0 Å². The van der Waals surface area contributed by atoms with E-state index in [4.69, 9.17) is 4.74 Å². The fraction of sp³-hybridized carbons (Fsp3) is 0.900. The lowest BCUT2D eigenvalue weighted by Crippen LogP contribution is -2.12. The Hall–Kier alpha value is -0.370. The van der Waals surface area contributed by atoms with Crippen LogP contribution in [-0.4, -0.2) is 19.0 Å². The molecule has 0 aromatic carbocycles. The number of hydrogen-bond acceptors (Lipinski definition) is 2. The first-order valence-corrected chi connectivity index (χ1v) is 4.59. The summed E-state index contributed by atoms with van der Waals surface area (Å²) in [4.78, 5) is 10.7. The van der Waals surface area contributed by atoms with Gasteiger partial charge in [-0.1, -0.05) is 20.8 Å². The second-order valence-corrected chi connectivity index (χ2v) is 3.94. The summed E-state index contributed by atoms with van der Waals surface area (Å²) in [5, 5.41) is 0. The highest BCUT2D eigenvalue weighted by atomic mass is 16.5. The lowest BCUT2D eigenvalue weighted by molar-refractivity contribution is -0.118. The van der Waals surface area contributed by atoms with Gasteiger partial charge in [0.15, 0.2) is 0 Å². The van der Waals surface area contributed by atoms with Gasteiger partial charge in [-0.15, -0.1) is 0 Å². The highest BCUT2D eigenvalue weighted by Crippen LogP contribution is 2.04. The first-order chi connectivity index (χ1) is 5.52. The molecule has 0 spiro atoms. The summed E-state index contributed by atoms with van der Waals surface area (Å²) in [6.07, 6.45) is 0.637. The van der Waals surface area contributed by atoms with E-state index in [0.717, 1.165) is 6.61 Å². The molecule has 0 amide bonds. The van der Waals surface area contributed by atoms with Crippen LogP contribution in [0.1, 0.15) is 34.1 Å². The van der Waals surface area contributed by atoms with E-state index in [9.17, 15) is 4.79 Å². The molecule has 0 aliphatic carbocycles. The second-order valence-electron chi connectivity index (χ2n) is 3.94. The van der Waals surface area contributed by atoms with Crippen LogP contribution in [0.2, 0.25) is 0 Å². The third-order valence-electron chi connectivity index (χ3n) is 1.49. The minimum absolute atomic E-state index is 0.246. The number of Topliss-reactive ketones (excluding diaryl/α,β-unsaturated/α-hetero) is 1. The van der Waals surface area contributed by atoms with Gasteiger partial charge < -0.3 is 9.53 Å². The molecule has 1 atom stereocenters. The molecule has 72 valence electrons. The maximum absolute atomic E-state index is 10.7. The predicted octanol–water partition coefficient (Wildman–Crippen LogP) is 2.27. The molecule has 0 fully saturated rings. The molecule has 2 heteroatoms. The Morgan fingerprint density at radius 2 is 1.83 bits per heavy atom. The maximum atomic E-state index is 10.7. The Morgan fingerprint density at radius 3 is 2.25 bits per heavy atom. The van der Waals surface area contributed by atoms with Crippen molar-refractivity contribution < 1.29 is 9.53 Å². The molecule has 1 unspecified atom stereocenters. The molecule has 0 N–H and O–H groups in total. The molecule has 2 nitrogen and oxygen atoms in total. The fourth-order valence-corrected chi connectivity index (χ4v) is 1.05. The molecule has 0 aliphatic heterocycles. The third kappa shape index (κ3) is 7.73. The Morgan fingerprint density at radius 1 is 1.25 bits per heavy atom. The van der Waals surface area contributed by atoms with E-state index in [-0.39, 0.29) is 5.78 Å². The SMILES string of the molecule is CC(=O)CC(C)COCC(C)C. The smallest absolute Gasteiger partial charge is 0.130 e. The average molecular weight is 172 g/mol. The Bertz CT molecular complexity index is 130. The van der Waals surface area contributed by atoms with E-state index in [2.05, 4.69) is 13.8 Å². The van der Waals surface area contributed by atoms with Crippen molar-refractivity contribution in [2.75, 3.05) is 13.2 Å². The zero-order valence-electron chi connectivity index (χ0n) is 8.59. The zero-order chi connectivity index (χ0) is 9.56. The van der Waals surface area contributed by atoms with Crippen LogP contribution in [0.3, 0.4) is 0 Å². The number of rotatable bonds is 6. The number of ether oxygens (including phenoxy) is 1. The van der Waals surface area contributed by atoms with Gasteiger partial charge in [0, 0.05) is 19.6 Å². The van der Waals surface area contributed by atoms with Gasteiger partial charge in [-0.25, -0.2) is 0 Å². The molecule has 0 saturated heterocycles. The third-order valence-corrected chi connectivity index (χ3v) is 1.49. The highest BCUT2D eigenvalue weighted by molar-refractivity contribution is 5.75. The lowest BCUT2D eigenvalue weighted by atomic mass is 10.1. The fourth-order valence-electron chi connectivity index (χ4n) is 1.05. The average Bonchev–Trinajstić information content (AvgIpc) is 1.84. The van der Waals surface area contributed by atoms with Crippen molar-refractivity contribution in [3.63, 3.8) is 0 Å². The van der Waals surface area contributed by atoms with Crippen molar-refractivity contribution in [1.82, 2.24) is 0 Å². The summed E-state index contributed by atoms with van der Waals surface area (Å²) >= 11 is 0. The van der Waals surface area contributed by atoms with Crippen LogP contribution in [0.15, 0.2) is 0 Å². The zero-order valence-corrected chi connectivity index (χ0v) is 8.59. The van der Waals surface area contributed by atoms with Gasteiger partial charge >= 0.3 is 0 Å². The van der Waals surface area contributed by atoms with E-state index in [0.29, 0.717) is 24.9 Å². The summed E-state index contributed by atoms with van der Waals surface area (Å²) in [6, 6.07) is 0. The van der Waals surface area contributed by atoms with Crippen molar-refractivity contribution in [3.8, 4) is 0 Å². The van der Waals surface area contributed by atoms with Gasteiger partial charge in [-0.2, -0.15) is 0 Å². The first-order valence-electron chi connectivity index (χ1n) is 4.59. The van der Waals surface area contributed by atoms with E-state index >= 15 is 0 Å². The first kappa shape index (κ1) is 11.6. The summed E-state index contributed by atoms with van der Waals surface area (Å²) < 4.78 is 5.41. The molecule has 0 aromatic heterocycles. The lowest BCUT2D eigenvalue weighted by Gasteiger charge is -2.11. The molecule has 0 saturated carbocycles. The molecule has 0 heterocycles. The van der Waals surface area contributed by atoms with Crippen molar-refractivity contribution in [2.45, 2.75) is 34.1 Å². The summed E-state index contributed by atoms with van der Waals surface area (Å²) in [5.74, 6) is 1.19.